The van der Waals surface area contributed by atoms with E-state index in [0.29, 0.717) is 12.1 Å². The molecule has 0 aliphatic carbocycles. The molecule has 2 aromatic carbocycles. The minimum absolute atomic E-state index is 0.0665. The summed E-state index contributed by atoms with van der Waals surface area (Å²) in [6.45, 7) is 4.64. The first-order valence-corrected chi connectivity index (χ1v) is 9.78. The van der Waals surface area contributed by atoms with Gasteiger partial charge in [-0.15, -0.1) is 0 Å². The Hall–Kier alpha value is -3.39. The molecule has 3 aromatic rings. The number of anilines is 1. The van der Waals surface area contributed by atoms with Crippen molar-refractivity contribution in [3.63, 3.8) is 0 Å². The molecule has 1 amide bonds. The van der Waals surface area contributed by atoms with Gasteiger partial charge in [-0.3, -0.25) is 14.9 Å². The number of H-pyrrole nitrogens is 1. The highest BCUT2D eigenvalue weighted by atomic mass is 16.1. The predicted octanol–water partition coefficient (Wildman–Crippen LogP) is 2.79. The number of fused-ring (bicyclic) bond motifs is 1. The number of amides is 1. The fourth-order valence-electron chi connectivity index (χ4n) is 3.52. The summed E-state index contributed by atoms with van der Waals surface area (Å²) in [6, 6.07) is 11.6. The van der Waals surface area contributed by atoms with E-state index in [0.717, 1.165) is 34.5 Å². The number of benzene rings is 2. The molecule has 0 radical (unpaired) electrons. The minimum Gasteiger partial charge on any atom is -0.352 e. The number of hydrazine groups is 1. The molecule has 1 atom stereocenters. The van der Waals surface area contributed by atoms with E-state index in [-0.39, 0.29) is 12.1 Å². The average Bonchev–Trinajstić information content (AvgIpc) is 3.35. The maximum atomic E-state index is 11.9. The molecule has 0 fully saturated rings. The Morgan fingerprint density at radius 3 is 2.69 bits per heavy atom. The number of aromatic amines is 1. The number of hydrogen-bond acceptors (Lipinski definition) is 6. The van der Waals surface area contributed by atoms with Crippen LogP contribution in [0.5, 0.6) is 0 Å². The second kappa shape index (κ2) is 7.92. The molecular formula is C21H25N7O. The molecule has 8 nitrogen and oxygen atoms in total. The van der Waals surface area contributed by atoms with E-state index in [9.17, 15) is 4.79 Å². The summed E-state index contributed by atoms with van der Waals surface area (Å²) in [5, 5.41) is 16.4. The van der Waals surface area contributed by atoms with Crippen molar-refractivity contribution in [2.75, 3.05) is 18.9 Å². The van der Waals surface area contributed by atoms with Crippen LogP contribution in [0.15, 0.2) is 47.6 Å². The second-order valence-corrected chi connectivity index (χ2v) is 6.93. The van der Waals surface area contributed by atoms with E-state index >= 15 is 0 Å². The maximum Gasteiger partial charge on any atom is 0.251 e. The number of aliphatic imine (C=N–C) groups is 1. The van der Waals surface area contributed by atoms with Gasteiger partial charge < -0.3 is 10.6 Å². The Balaban J connectivity index is 1.55. The molecule has 1 aromatic heterocycles. The number of aromatic nitrogens is 2. The van der Waals surface area contributed by atoms with Crippen molar-refractivity contribution in [3.05, 3.63) is 59.3 Å². The molecule has 1 aliphatic heterocycles. The van der Waals surface area contributed by atoms with E-state index in [1.165, 1.54) is 5.56 Å². The fourth-order valence-corrected chi connectivity index (χ4v) is 3.52. The van der Waals surface area contributed by atoms with Gasteiger partial charge in [-0.1, -0.05) is 19.1 Å². The predicted molar refractivity (Wildman–Crippen MR) is 115 cm³/mol. The first-order chi connectivity index (χ1) is 14.1. The third-order valence-electron chi connectivity index (χ3n) is 5.05. The Morgan fingerprint density at radius 2 is 1.97 bits per heavy atom. The molecule has 2 heterocycles. The Kier molecular flexibility index (Phi) is 5.18. The van der Waals surface area contributed by atoms with Gasteiger partial charge in [0.15, 0.2) is 0 Å². The Bertz CT molecular complexity index is 1050. The summed E-state index contributed by atoms with van der Waals surface area (Å²) in [6.07, 6.45) is 2.53. The Labute approximate surface area is 169 Å². The van der Waals surface area contributed by atoms with E-state index < -0.39 is 0 Å². The number of hydrogen-bond donors (Lipinski definition) is 4. The number of carbonyl (C=O) groups excluding carboxylic acids is 1. The number of guanidine groups is 1. The van der Waals surface area contributed by atoms with E-state index in [1.807, 2.05) is 61.6 Å². The second-order valence-electron chi connectivity index (χ2n) is 6.93. The normalized spacial score (nSPS) is 16.2. The van der Waals surface area contributed by atoms with Crippen LogP contribution >= 0.6 is 0 Å². The number of rotatable bonds is 5. The highest BCUT2D eigenvalue weighted by molar-refractivity contribution is 5.98. The monoisotopic (exact) mass is 391 g/mol. The molecule has 4 rings (SSSR count). The van der Waals surface area contributed by atoms with Crippen molar-refractivity contribution in [2.45, 2.75) is 26.4 Å². The molecule has 0 saturated carbocycles. The zero-order valence-corrected chi connectivity index (χ0v) is 16.8. The van der Waals surface area contributed by atoms with Gasteiger partial charge >= 0.3 is 0 Å². The molecule has 0 saturated heterocycles. The summed E-state index contributed by atoms with van der Waals surface area (Å²) in [7, 11) is 1.93. The largest absolute Gasteiger partial charge is 0.352 e. The number of carbonyl (C=O) groups is 1. The zero-order chi connectivity index (χ0) is 20.4. The van der Waals surface area contributed by atoms with Crippen LogP contribution in [-0.4, -0.2) is 40.7 Å². The van der Waals surface area contributed by atoms with Crippen molar-refractivity contribution >= 4 is 28.5 Å². The van der Waals surface area contributed by atoms with Gasteiger partial charge in [0.25, 0.3) is 5.91 Å². The third kappa shape index (κ3) is 3.66. The summed E-state index contributed by atoms with van der Waals surface area (Å²) in [5.41, 5.74) is 8.20. The summed E-state index contributed by atoms with van der Waals surface area (Å²) in [4.78, 5) is 16.7. The van der Waals surface area contributed by atoms with Crippen LogP contribution < -0.4 is 16.1 Å². The lowest BCUT2D eigenvalue weighted by molar-refractivity contribution is 0.0956. The molecule has 1 unspecified atom stereocenters. The van der Waals surface area contributed by atoms with E-state index in [4.69, 9.17) is 4.99 Å². The van der Waals surface area contributed by atoms with Crippen LogP contribution in [0.25, 0.3) is 10.9 Å². The van der Waals surface area contributed by atoms with Gasteiger partial charge in [0.2, 0.25) is 5.96 Å². The molecule has 150 valence electrons. The van der Waals surface area contributed by atoms with Gasteiger partial charge in [-0.2, -0.15) is 5.10 Å². The highest BCUT2D eigenvalue weighted by Crippen LogP contribution is 2.27. The number of nitrogens with one attached hydrogen (secondary N) is 4. The van der Waals surface area contributed by atoms with Crippen LogP contribution in [0.1, 0.15) is 41.5 Å². The molecule has 0 bridgehead atoms. The van der Waals surface area contributed by atoms with Crippen LogP contribution in [0.3, 0.4) is 0 Å². The molecular weight excluding hydrogens is 366 g/mol. The number of aryl methyl sites for hydroxylation is 1. The minimum atomic E-state index is -0.214. The summed E-state index contributed by atoms with van der Waals surface area (Å²) < 4.78 is 0. The first kappa shape index (κ1) is 18.9. The van der Waals surface area contributed by atoms with Crippen molar-refractivity contribution in [3.8, 4) is 0 Å². The highest BCUT2D eigenvalue weighted by Gasteiger charge is 2.24. The van der Waals surface area contributed by atoms with Crippen LogP contribution in [0, 0.1) is 0 Å². The van der Waals surface area contributed by atoms with Gasteiger partial charge in [-0.05, 0) is 48.7 Å². The smallest absolute Gasteiger partial charge is 0.251 e. The number of nitrogens with zero attached hydrogens (tertiary/aromatic N) is 3. The van der Waals surface area contributed by atoms with Gasteiger partial charge in [0.1, 0.15) is 6.17 Å². The quantitative estimate of drug-likeness (QED) is 0.536. The van der Waals surface area contributed by atoms with Crippen molar-refractivity contribution in [2.24, 2.45) is 4.99 Å². The summed E-state index contributed by atoms with van der Waals surface area (Å²) in [5.74, 6) is 0.670. The lowest BCUT2D eigenvalue weighted by Crippen LogP contribution is -2.37. The van der Waals surface area contributed by atoms with Gasteiger partial charge in [0, 0.05) is 30.2 Å². The standard InChI is InChI=1S/C21H25N7O/c1-4-15-16-12-23-26-18(16)11-10-17(15)24-21-25-19(27-28(21)3)13-6-8-14(9-7-13)20(29)22-5-2/h6-12,19,27H,4-5H2,1-3H3,(H,22,29)(H,23,26)(H,24,25). The molecule has 29 heavy (non-hydrogen) atoms. The van der Waals surface area contributed by atoms with Crippen molar-refractivity contribution < 1.29 is 4.79 Å². The van der Waals surface area contributed by atoms with Crippen LogP contribution in [0.2, 0.25) is 0 Å². The summed E-state index contributed by atoms with van der Waals surface area (Å²) >= 11 is 0. The van der Waals surface area contributed by atoms with E-state index in [1.54, 1.807) is 0 Å². The molecule has 8 heteroatoms. The van der Waals surface area contributed by atoms with Crippen molar-refractivity contribution in [1.82, 2.24) is 25.9 Å². The van der Waals surface area contributed by atoms with Gasteiger partial charge in [0.05, 0.1) is 11.7 Å². The first-order valence-electron chi connectivity index (χ1n) is 9.78. The fraction of sp³-hybridized carbons (Fsp3) is 0.286. The lowest BCUT2D eigenvalue weighted by atomic mass is 10.1. The third-order valence-corrected chi connectivity index (χ3v) is 5.05. The van der Waals surface area contributed by atoms with Crippen molar-refractivity contribution in [1.29, 1.82) is 0 Å². The molecule has 0 spiro atoms. The Morgan fingerprint density at radius 1 is 1.17 bits per heavy atom. The zero-order valence-electron chi connectivity index (χ0n) is 16.8. The van der Waals surface area contributed by atoms with Crippen LogP contribution in [0.4, 0.5) is 5.69 Å². The van der Waals surface area contributed by atoms with Crippen LogP contribution in [-0.2, 0) is 6.42 Å². The lowest BCUT2D eigenvalue weighted by Gasteiger charge is -2.18. The molecule has 1 aliphatic rings. The average molecular weight is 391 g/mol. The van der Waals surface area contributed by atoms with Gasteiger partial charge in [-0.25, -0.2) is 10.4 Å². The topological polar surface area (TPSA) is 97.4 Å². The molecule has 4 N–H and O–H groups in total. The maximum absolute atomic E-state index is 11.9. The van der Waals surface area contributed by atoms with E-state index in [2.05, 4.69) is 33.2 Å². The SMILES string of the molecule is CCNC(=O)c1ccc(C2N=C(Nc3ccc4[nH]ncc4c3CC)N(C)N2)cc1.